The van der Waals surface area contributed by atoms with E-state index in [1.165, 1.54) is 41.2 Å². The lowest BCUT2D eigenvalue weighted by atomic mass is 9.79. The molecular weight excluding hydrogens is 345 g/mol. The van der Waals surface area contributed by atoms with Gasteiger partial charge in [0.2, 0.25) is 0 Å². The fourth-order valence-electron chi connectivity index (χ4n) is 4.45. The molecule has 0 aromatic heterocycles. The third kappa shape index (κ3) is 3.80. The Labute approximate surface area is 166 Å². The molecule has 1 aliphatic carbocycles. The van der Waals surface area contributed by atoms with Crippen LogP contribution in [0.1, 0.15) is 66.3 Å². The molecule has 0 radical (unpaired) electrons. The summed E-state index contributed by atoms with van der Waals surface area (Å²) in [6, 6.07) is 18.9. The van der Waals surface area contributed by atoms with Gasteiger partial charge < -0.3 is 0 Å². The zero-order valence-corrected chi connectivity index (χ0v) is 16.5. The molecule has 0 saturated heterocycles. The summed E-state index contributed by atoms with van der Waals surface area (Å²) in [6.45, 7) is 2.24. The lowest BCUT2D eigenvalue weighted by molar-refractivity contribution is 0.571. The molecule has 1 aliphatic rings. The zero-order chi connectivity index (χ0) is 19.5. The van der Waals surface area contributed by atoms with Crippen LogP contribution in [0.15, 0.2) is 48.5 Å². The molecule has 28 heavy (non-hydrogen) atoms. The second kappa shape index (κ2) is 8.15. The highest BCUT2D eigenvalue weighted by Crippen LogP contribution is 2.35. The maximum absolute atomic E-state index is 14.0. The summed E-state index contributed by atoms with van der Waals surface area (Å²) in [7, 11) is 0. The third-order valence-corrected chi connectivity index (χ3v) is 6.11. The van der Waals surface area contributed by atoms with Gasteiger partial charge in [-0.3, -0.25) is 0 Å². The molecule has 0 N–H and O–H groups in total. The van der Waals surface area contributed by atoms with Crippen LogP contribution in [0.5, 0.6) is 0 Å². The number of hydrogen-bond acceptors (Lipinski definition) is 1. The molecule has 3 aromatic rings. The molecule has 1 unspecified atom stereocenters. The summed E-state index contributed by atoms with van der Waals surface area (Å²) in [5, 5.41) is 11.6. The van der Waals surface area contributed by atoms with Crippen molar-refractivity contribution in [3.8, 4) is 6.07 Å². The Hall–Kier alpha value is -2.66. The van der Waals surface area contributed by atoms with Crippen molar-refractivity contribution in [2.45, 2.75) is 57.8 Å². The monoisotopic (exact) mass is 371 g/mol. The van der Waals surface area contributed by atoms with Crippen LogP contribution in [0.3, 0.4) is 0 Å². The fourth-order valence-corrected chi connectivity index (χ4v) is 4.45. The van der Waals surface area contributed by atoms with Crippen molar-refractivity contribution in [3.63, 3.8) is 0 Å². The number of unbranched alkanes of at least 4 members (excludes halogenated alkanes) is 2. The summed E-state index contributed by atoms with van der Waals surface area (Å²) in [5.41, 5.74) is 5.11. The van der Waals surface area contributed by atoms with Gasteiger partial charge in [-0.25, -0.2) is 4.39 Å². The van der Waals surface area contributed by atoms with E-state index in [-0.39, 0.29) is 5.56 Å². The topological polar surface area (TPSA) is 23.8 Å². The number of nitriles is 1. The minimum absolute atomic E-state index is 0.164. The maximum atomic E-state index is 14.0. The molecule has 0 amide bonds. The summed E-state index contributed by atoms with van der Waals surface area (Å²) < 4.78 is 14.0. The molecule has 0 heterocycles. The van der Waals surface area contributed by atoms with E-state index in [4.69, 9.17) is 5.26 Å². The van der Waals surface area contributed by atoms with E-state index >= 15 is 0 Å². The van der Waals surface area contributed by atoms with Crippen LogP contribution in [0, 0.1) is 17.1 Å². The van der Waals surface area contributed by atoms with Crippen molar-refractivity contribution < 1.29 is 4.39 Å². The molecular formula is C26H26FN. The molecule has 0 fully saturated rings. The smallest absolute Gasteiger partial charge is 0.141 e. The van der Waals surface area contributed by atoms with Gasteiger partial charge in [0.05, 0.1) is 5.56 Å². The van der Waals surface area contributed by atoms with E-state index < -0.39 is 5.82 Å². The minimum atomic E-state index is -0.393. The highest BCUT2D eigenvalue weighted by Gasteiger charge is 2.22. The predicted molar refractivity (Wildman–Crippen MR) is 113 cm³/mol. The van der Waals surface area contributed by atoms with Gasteiger partial charge in [0, 0.05) is 0 Å². The van der Waals surface area contributed by atoms with E-state index in [1.54, 1.807) is 12.1 Å². The van der Waals surface area contributed by atoms with E-state index in [0.29, 0.717) is 5.92 Å². The van der Waals surface area contributed by atoms with Gasteiger partial charge in [-0.1, -0.05) is 56.2 Å². The maximum Gasteiger partial charge on any atom is 0.141 e. The lowest BCUT2D eigenvalue weighted by Gasteiger charge is -2.25. The quantitative estimate of drug-likeness (QED) is 0.450. The van der Waals surface area contributed by atoms with E-state index in [2.05, 4.69) is 43.3 Å². The van der Waals surface area contributed by atoms with Gasteiger partial charge in [-0.05, 0) is 83.2 Å². The first kappa shape index (κ1) is 18.7. The minimum Gasteiger partial charge on any atom is -0.206 e. The van der Waals surface area contributed by atoms with E-state index in [9.17, 15) is 4.39 Å². The molecule has 4 rings (SSSR count). The van der Waals surface area contributed by atoms with Crippen LogP contribution in [-0.2, 0) is 19.3 Å². The number of hydrogen-bond donors (Lipinski definition) is 0. The average Bonchev–Trinajstić information content (AvgIpc) is 2.72. The largest absolute Gasteiger partial charge is 0.206 e. The summed E-state index contributed by atoms with van der Waals surface area (Å²) in [4.78, 5) is 0. The molecule has 0 saturated carbocycles. The van der Waals surface area contributed by atoms with Crippen molar-refractivity contribution in [1.82, 2.24) is 0 Å². The average molecular weight is 371 g/mol. The van der Waals surface area contributed by atoms with Gasteiger partial charge in [-0.15, -0.1) is 0 Å². The number of fused-ring (bicyclic) bond motifs is 2. The summed E-state index contributed by atoms with van der Waals surface area (Å²) in [6.07, 6.45) is 7.75. The Morgan fingerprint density at radius 3 is 2.64 bits per heavy atom. The molecule has 1 nitrogen and oxygen atoms in total. The van der Waals surface area contributed by atoms with Gasteiger partial charge in [0.1, 0.15) is 11.9 Å². The Bertz CT molecular complexity index is 1040. The molecule has 0 aliphatic heterocycles. The van der Waals surface area contributed by atoms with Crippen molar-refractivity contribution in [2.24, 2.45) is 0 Å². The number of rotatable bonds is 5. The van der Waals surface area contributed by atoms with E-state index in [1.807, 2.05) is 6.07 Å². The molecule has 0 spiro atoms. The van der Waals surface area contributed by atoms with Crippen LogP contribution in [0.2, 0.25) is 0 Å². The number of halogens is 1. The Morgan fingerprint density at radius 2 is 1.82 bits per heavy atom. The molecule has 2 heteroatoms. The Morgan fingerprint density at radius 1 is 1.00 bits per heavy atom. The third-order valence-electron chi connectivity index (χ3n) is 6.11. The van der Waals surface area contributed by atoms with Crippen LogP contribution in [0.4, 0.5) is 4.39 Å². The molecule has 142 valence electrons. The number of benzene rings is 3. The first-order valence-electron chi connectivity index (χ1n) is 10.4. The standard InChI is InChI=1S/C26H26FN/c1-2-3-4-5-18-6-7-20-13-21(9-8-19(20)12-18)22-10-11-23-15-25(17-28)26(27)16-24(23)14-22/h6-9,12-13,15-16,22H,2-5,10-11,14H2,1H3. The highest BCUT2D eigenvalue weighted by atomic mass is 19.1. The SMILES string of the molecule is CCCCCc1ccc2cc(C3CCc4cc(C#N)c(F)cc4C3)ccc2c1. The predicted octanol–water partition coefficient (Wildman–Crippen LogP) is 6.86. The lowest BCUT2D eigenvalue weighted by Crippen LogP contribution is -2.13. The van der Waals surface area contributed by atoms with Gasteiger partial charge >= 0.3 is 0 Å². The van der Waals surface area contributed by atoms with Crippen molar-refractivity contribution in [3.05, 3.63) is 82.2 Å². The van der Waals surface area contributed by atoms with Crippen molar-refractivity contribution in [1.29, 1.82) is 5.26 Å². The summed E-state index contributed by atoms with van der Waals surface area (Å²) in [5.74, 6) is 0.0180. The molecule has 3 aromatic carbocycles. The van der Waals surface area contributed by atoms with Gasteiger partial charge in [-0.2, -0.15) is 5.26 Å². The van der Waals surface area contributed by atoms with Crippen LogP contribution in [0.25, 0.3) is 10.8 Å². The molecule has 0 bridgehead atoms. The van der Waals surface area contributed by atoms with Crippen molar-refractivity contribution in [2.75, 3.05) is 0 Å². The van der Waals surface area contributed by atoms with Crippen LogP contribution >= 0.6 is 0 Å². The second-order valence-electron chi connectivity index (χ2n) is 8.05. The Balaban J connectivity index is 1.55. The second-order valence-corrected chi connectivity index (χ2v) is 8.05. The first-order valence-corrected chi connectivity index (χ1v) is 10.4. The Kier molecular flexibility index (Phi) is 5.44. The zero-order valence-electron chi connectivity index (χ0n) is 16.5. The normalized spacial score (nSPS) is 16.0. The fraction of sp³-hybridized carbons (Fsp3) is 0.346. The van der Waals surface area contributed by atoms with E-state index in [0.717, 1.165) is 36.8 Å². The van der Waals surface area contributed by atoms with Crippen LogP contribution in [-0.4, -0.2) is 0 Å². The molecule has 1 atom stereocenters. The van der Waals surface area contributed by atoms with Crippen LogP contribution < -0.4 is 0 Å². The highest BCUT2D eigenvalue weighted by molar-refractivity contribution is 5.84. The first-order chi connectivity index (χ1) is 13.7. The number of aryl methyl sites for hydroxylation is 2. The summed E-state index contributed by atoms with van der Waals surface area (Å²) >= 11 is 0. The van der Waals surface area contributed by atoms with Crippen molar-refractivity contribution >= 4 is 10.8 Å². The van der Waals surface area contributed by atoms with Gasteiger partial charge in [0.25, 0.3) is 0 Å². The number of nitrogens with zero attached hydrogens (tertiary/aromatic N) is 1. The van der Waals surface area contributed by atoms with Gasteiger partial charge in [0.15, 0.2) is 0 Å².